The minimum Gasteiger partial charge on any atom is -0.0619 e. The highest BCUT2D eigenvalue weighted by atomic mass is 14.5. The van der Waals surface area contributed by atoms with Crippen LogP contribution in [0.1, 0.15) is 44.5 Å². The number of rotatable bonds is 1. The van der Waals surface area contributed by atoms with E-state index in [4.69, 9.17) is 0 Å². The van der Waals surface area contributed by atoms with Gasteiger partial charge in [0.05, 0.1) is 10.8 Å². The minimum absolute atomic E-state index is 0.439. The van der Waals surface area contributed by atoms with Crippen molar-refractivity contribution < 1.29 is 0 Å². The summed E-state index contributed by atoms with van der Waals surface area (Å²) in [4.78, 5) is 0. The fraction of sp³-hybridized carbons (Fsp3) is 0.0345. The van der Waals surface area contributed by atoms with Gasteiger partial charge in [0, 0.05) is 0 Å². The summed E-state index contributed by atoms with van der Waals surface area (Å²) in [5.41, 5.74) is 23.4. The van der Waals surface area contributed by atoms with Crippen molar-refractivity contribution in [2.45, 2.75) is 10.8 Å². The molecule has 0 atom stereocenters. The molecule has 0 amide bonds. The van der Waals surface area contributed by atoms with Crippen LogP contribution in [-0.2, 0) is 10.8 Å². The largest absolute Gasteiger partial charge is 0.0725 e. The predicted molar refractivity (Wildman–Crippen MR) is 239 cm³/mol. The average Bonchev–Trinajstić information content (AvgIpc) is 3.98. The molecule has 58 heavy (non-hydrogen) atoms. The molecule has 10 aromatic carbocycles. The van der Waals surface area contributed by atoms with Gasteiger partial charge in [-0.1, -0.05) is 194 Å². The lowest BCUT2D eigenvalue weighted by molar-refractivity contribution is 0.793. The normalized spacial score (nSPS) is 14.8. The molecule has 0 nitrogen and oxygen atoms in total. The molecule has 0 N–H and O–H groups in total. The van der Waals surface area contributed by atoms with Crippen molar-refractivity contribution in [1.82, 2.24) is 0 Å². The first-order chi connectivity index (χ1) is 28.8. The molecule has 0 radical (unpaired) electrons. The van der Waals surface area contributed by atoms with E-state index in [0.717, 1.165) is 0 Å². The van der Waals surface area contributed by atoms with E-state index >= 15 is 0 Å². The molecule has 2 spiro atoms. The monoisotopic (exact) mass is 730 g/mol. The Bertz CT molecular complexity index is 3150. The van der Waals surface area contributed by atoms with Crippen LogP contribution in [-0.4, -0.2) is 0 Å². The molecular weight excluding hydrogens is 697 g/mol. The van der Waals surface area contributed by atoms with Crippen LogP contribution in [0.2, 0.25) is 0 Å². The highest BCUT2D eigenvalue weighted by molar-refractivity contribution is 6.17. The van der Waals surface area contributed by atoms with Crippen LogP contribution in [0.15, 0.2) is 206 Å². The van der Waals surface area contributed by atoms with E-state index in [0.29, 0.717) is 0 Å². The smallest absolute Gasteiger partial charge is 0.0619 e. The van der Waals surface area contributed by atoms with Gasteiger partial charge in [0.15, 0.2) is 0 Å². The van der Waals surface area contributed by atoms with Gasteiger partial charge in [0.25, 0.3) is 0 Å². The Labute approximate surface area is 337 Å². The van der Waals surface area contributed by atoms with E-state index in [1.165, 1.54) is 122 Å². The Kier molecular flexibility index (Phi) is 5.73. The third-order valence-corrected chi connectivity index (χ3v) is 14.3. The topological polar surface area (TPSA) is 0 Å². The van der Waals surface area contributed by atoms with Gasteiger partial charge < -0.3 is 0 Å². The molecule has 266 valence electrons. The van der Waals surface area contributed by atoms with Crippen molar-refractivity contribution in [1.29, 1.82) is 0 Å². The molecule has 14 rings (SSSR count). The minimum atomic E-state index is -0.439. The molecule has 0 bridgehead atoms. The molecule has 0 saturated heterocycles. The van der Waals surface area contributed by atoms with Crippen molar-refractivity contribution in [3.63, 3.8) is 0 Å². The fourth-order valence-corrected chi connectivity index (χ4v) is 12.3. The summed E-state index contributed by atoms with van der Waals surface area (Å²) in [7, 11) is 0. The van der Waals surface area contributed by atoms with Crippen molar-refractivity contribution >= 4 is 21.5 Å². The maximum Gasteiger partial charge on any atom is 0.0725 e. The Hall–Kier alpha value is -7.28. The van der Waals surface area contributed by atoms with Crippen LogP contribution in [0, 0.1) is 0 Å². The Balaban J connectivity index is 1.16. The van der Waals surface area contributed by atoms with Gasteiger partial charge in [-0.15, -0.1) is 0 Å². The van der Waals surface area contributed by atoms with Crippen LogP contribution in [0.25, 0.3) is 77.2 Å². The van der Waals surface area contributed by atoms with Crippen LogP contribution >= 0.6 is 0 Å². The SMILES string of the molecule is c1ccc2c(c1)-c1ccccc1C21c2ccccc2-c2c1cc(-c1cc3c(c4ccccc14)-c1ccccc1C31c3ccccc3-c3ccccc31)c1ccccc21. The first kappa shape index (κ1) is 30.9. The molecule has 10 aromatic rings. The summed E-state index contributed by atoms with van der Waals surface area (Å²) in [6, 6.07) is 78.6. The number of hydrogen-bond donors (Lipinski definition) is 0. The van der Waals surface area contributed by atoms with E-state index in [1.54, 1.807) is 0 Å². The van der Waals surface area contributed by atoms with E-state index in [1.807, 2.05) is 0 Å². The fourth-order valence-electron chi connectivity index (χ4n) is 12.3. The Morgan fingerprint density at radius 1 is 0.190 bits per heavy atom. The first-order valence-electron chi connectivity index (χ1n) is 20.5. The van der Waals surface area contributed by atoms with Crippen LogP contribution in [0.3, 0.4) is 0 Å². The van der Waals surface area contributed by atoms with Gasteiger partial charge in [0.1, 0.15) is 0 Å². The van der Waals surface area contributed by atoms with Crippen LogP contribution in [0.4, 0.5) is 0 Å². The molecule has 0 aromatic heterocycles. The van der Waals surface area contributed by atoms with Crippen LogP contribution in [0.5, 0.6) is 0 Å². The maximum absolute atomic E-state index is 2.61. The van der Waals surface area contributed by atoms with Crippen molar-refractivity contribution in [2.75, 3.05) is 0 Å². The predicted octanol–water partition coefficient (Wildman–Crippen LogP) is 14.3. The number of fused-ring (bicyclic) bond motifs is 24. The third kappa shape index (κ3) is 3.40. The highest BCUT2D eigenvalue weighted by Gasteiger charge is 2.54. The van der Waals surface area contributed by atoms with Gasteiger partial charge >= 0.3 is 0 Å². The van der Waals surface area contributed by atoms with Crippen molar-refractivity contribution in [3.05, 3.63) is 251 Å². The summed E-state index contributed by atoms with van der Waals surface area (Å²) in [6.07, 6.45) is 0. The zero-order chi connectivity index (χ0) is 37.7. The van der Waals surface area contributed by atoms with E-state index in [2.05, 4.69) is 206 Å². The lowest BCUT2D eigenvalue weighted by Crippen LogP contribution is -2.26. The van der Waals surface area contributed by atoms with Gasteiger partial charge in [-0.05, 0) is 134 Å². The summed E-state index contributed by atoms with van der Waals surface area (Å²) < 4.78 is 0. The standard InChI is InChI=1S/C58H34/c1-3-23-41-35(17-1)45(33-53-55(41)43-25-9-15-31-51(43)57(53)47-27-11-5-19-37(47)38-20-6-12-28-48(38)57)46-34-54-56(42-24-4-2-18-36(42)46)44-26-10-16-32-52(44)58(54)49-29-13-7-21-39(49)40-22-8-14-30-50(40)58/h1-34H. The summed E-state index contributed by atoms with van der Waals surface area (Å²) >= 11 is 0. The van der Waals surface area contributed by atoms with E-state index in [-0.39, 0.29) is 0 Å². The second-order valence-corrected chi connectivity index (χ2v) is 16.6. The summed E-state index contributed by atoms with van der Waals surface area (Å²) in [5, 5.41) is 5.18. The zero-order valence-electron chi connectivity index (χ0n) is 31.6. The molecule has 0 saturated carbocycles. The second kappa shape index (κ2) is 10.8. The summed E-state index contributed by atoms with van der Waals surface area (Å²) in [5.74, 6) is 0. The van der Waals surface area contributed by atoms with E-state index in [9.17, 15) is 0 Å². The lowest BCUT2D eigenvalue weighted by Gasteiger charge is -2.32. The maximum atomic E-state index is 2.61. The molecule has 0 heteroatoms. The second-order valence-electron chi connectivity index (χ2n) is 16.6. The van der Waals surface area contributed by atoms with E-state index < -0.39 is 10.8 Å². The number of hydrogen-bond acceptors (Lipinski definition) is 0. The lowest BCUT2D eigenvalue weighted by atomic mass is 9.69. The Morgan fingerprint density at radius 2 is 0.431 bits per heavy atom. The third-order valence-electron chi connectivity index (χ3n) is 14.3. The van der Waals surface area contributed by atoms with Gasteiger partial charge in [-0.25, -0.2) is 0 Å². The number of benzene rings is 10. The quantitative estimate of drug-likeness (QED) is 0.158. The Morgan fingerprint density at radius 3 is 0.759 bits per heavy atom. The first-order valence-corrected chi connectivity index (χ1v) is 20.5. The summed E-state index contributed by atoms with van der Waals surface area (Å²) in [6.45, 7) is 0. The van der Waals surface area contributed by atoms with Gasteiger partial charge in [-0.2, -0.15) is 0 Å². The van der Waals surface area contributed by atoms with Gasteiger partial charge in [-0.3, -0.25) is 0 Å². The van der Waals surface area contributed by atoms with Gasteiger partial charge in [0.2, 0.25) is 0 Å². The molecule has 0 unspecified atom stereocenters. The molecule has 0 aliphatic heterocycles. The average molecular weight is 731 g/mol. The van der Waals surface area contributed by atoms with Crippen molar-refractivity contribution in [2.24, 2.45) is 0 Å². The molecule has 0 heterocycles. The highest BCUT2D eigenvalue weighted by Crippen LogP contribution is 2.67. The van der Waals surface area contributed by atoms with Crippen molar-refractivity contribution in [3.8, 4) is 55.6 Å². The molecular formula is C58H34. The molecule has 4 aliphatic rings. The zero-order valence-corrected chi connectivity index (χ0v) is 31.6. The molecule has 4 aliphatic carbocycles. The van der Waals surface area contributed by atoms with Crippen LogP contribution < -0.4 is 0 Å². The molecule has 0 fully saturated rings.